The lowest BCUT2D eigenvalue weighted by Gasteiger charge is -2.72. The van der Waals surface area contributed by atoms with E-state index >= 15 is 0 Å². The van der Waals surface area contributed by atoms with Gasteiger partial charge in [-0.05, 0) is 146 Å². The molecule has 1 aromatic rings. The molecule has 0 aromatic heterocycles. The van der Waals surface area contributed by atoms with E-state index in [1.807, 2.05) is 12.1 Å². The third-order valence-electron chi connectivity index (χ3n) is 16.1. The number of amides is 1. The number of carbonyl (C=O) groups excluding carboxylic acids is 1. The van der Waals surface area contributed by atoms with Crippen molar-refractivity contribution >= 4 is 17.4 Å². The number of aliphatic hydroxyl groups excluding tert-OH is 1. The maximum Gasteiger partial charge on any atom is 0.335 e. The minimum atomic E-state index is -0.878. The molecule has 3 N–H and O–H groups in total. The Hall–Kier alpha value is -2.44. The van der Waals surface area contributed by atoms with Gasteiger partial charge in [-0.2, -0.15) is 0 Å². The average molecular weight is 673 g/mol. The molecule has 1 amide bonds. The van der Waals surface area contributed by atoms with E-state index in [1.54, 1.807) is 12.1 Å². The number of nitrogens with zero attached hydrogens (tertiary/aromatic N) is 1. The normalized spacial score (nSPS) is 39.2. The van der Waals surface area contributed by atoms with Crippen LogP contribution in [0.25, 0.3) is 5.57 Å². The number of nitrogens with one attached hydrogen (secondary N) is 1. The highest BCUT2D eigenvalue weighted by molar-refractivity contribution is 5.88. The van der Waals surface area contributed by atoms with Crippen molar-refractivity contribution in [2.45, 2.75) is 106 Å². The molecule has 0 aliphatic heterocycles. The highest BCUT2D eigenvalue weighted by atomic mass is 16.4. The molecule has 5 aliphatic carbocycles. The van der Waals surface area contributed by atoms with E-state index in [1.165, 1.54) is 36.8 Å². The number of hydrogen-bond acceptors (Lipinski definition) is 4. The van der Waals surface area contributed by atoms with Crippen molar-refractivity contribution in [3.05, 3.63) is 53.6 Å². The summed E-state index contributed by atoms with van der Waals surface area (Å²) in [6.45, 7) is 24.7. The average Bonchev–Trinajstić information content (AvgIpc) is 3.46. The number of rotatable bonds is 10. The van der Waals surface area contributed by atoms with Gasteiger partial charge in [-0.15, -0.1) is 0 Å². The third kappa shape index (κ3) is 5.48. The van der Waals surface area contributed by atoms with Crippen LogP contribution >= 0.6 is 0 Å². The second kappa shape index (κ2) is 13.0. The molecule has 6 heteroatoms. The van der Waals surface area contributed by atoms with Crippen LogP contribution in [0.2, 0.25) is 0 Å². The minimum absolute atomic E-state index is 0.0162. The van der Waals surface area contributed by atoms with Crippen LogP contribution in [0.15, 0.2) is 42.5 Å². The Balaban J connectivity index is 1.29. The van der Waals surface area contributed by atoms with Crippen molar-refractivity contribution in [2.24, 2.45) is 56.7 Å². The van der Waals surface area contributed by atoms with Gasteiger partial charge in [0.1, 0.15) is 0 Å². The minimum Gasteiger partial charge on any atom is -0.478 e. The summed E-state index contributed by atoms with van der Waals surface area (Å²) < 4.78 is 0. The number of allylic oxidation sites excluding steroid dienone is 3. The van der Waals surface area contributed by atoms with Gasteiger partial charge in [0.15, 0.2) is 0 Å². The van der Waals surface area contributed by atoms with E-state index in [2.05, 4.69) is 71.3 Å². The summed E-state index contributed by atoms with van der Waals surface area (Å²) in [6, 6.07) is 7.53. The number of benzene rings is 1. The van der Waals surface area contributed by atoms with Crippen LogP contribution in [0, 0.1) is 56.7 Å². The van der Waals surface area contributed by atoms with Gasteiger partial charge in [-0.25, -0.2) is 4.79 Å². The van der Waals surface area contributed by atoms with Crippen LogP contribution in [-0.4, -0.2) is 59.8 Å². The first-order valence-corrected chi connectivity index (χ1v) is 19.4. The third-order valence-corrected chi connectivity index (χ3v) is 16.1. The van der Waals surface area contributed by atoms with Crippen molar-refractivity contribution in [1.29, 1.82) is 0 Å². The summed E-state index contributed by atoms with van der Waals surface area (Å²) >= 11 is 0. The van der Waals surface area contributed by atoms with Crippen molar-refractivity contribution in [3.63, 3.8) is 0 Å². The fourth-order valence-electron chi connectivity index (χ4n) is 13.5. The van der Waals surface area contributed by atoms with E-state index in [4.69, 9.17) is 0 Å². The molecule has 4 fully saturated rings. The standard InChI is InChI=1S/C43H64N2O4/c1-9-45(26-27-46)25-24-44-38(49)43-21-16-31(28(2)3)36(43)33-14-15-35-40(6)19-17-32(29-10-12-30(13-11-29)37(47)48)39(4,5)34(40)18-20-42(35,8)41(33,7)22-23-43/h10-13,17,31,33-36,46H,2,9,14-16,18-27H2,1,3-8H3,(H,44,49)(H,47,48)/t31-,33+,34?,35?,36?,40-,41+,42+,43-/m0/s1. The lowest BCUT2D eigenvalue weighted by molar-refractivity contribution is -0.225. The lowest BCUT2D eigenvalue weighted by Crippen LogP contribution is -2.66. The van der Waals surface area contributed by atoms with E-state index in [9.17, 15) is 19.8 Å². The molecule has 270 valence electrons. The number of hydrogen-bond donors (Lipinski definition) is 3. The topological polar surface area (TPSA) is 89.9 Å². The molecule has 0 bridgehead atoms. The Kier molecular flexibility index (Phi) is 9.61. The summed E-state index contributed by atoms with van der Waals surface area (Å²) in [5.74, 6) is 1.81. The van der Waals surface area contributed by atoms with Crippen molar-refractivity contribution in [2.75, 3.05) is 32.8 Å². The van der Waals surface area contributed by atoms with Crippen LogP contribution in [0.3, 0.4) is 0 Å². The van der Waals surface area contributed by atoms with Gasteiger partial charge < -0.3 is 15.5 Å². The van der Waals surface area contributed by atoms with E-state index < -0.39 is 5.97 Å². The number of likely N-dealkylation sites (N-methyl/N-ethyl adjacent to an activating group) is 1. The molecule has 9 atom stereocenters. The fraction of sp³-hybridized carbons (Fsp3) is 0.721. The molecule has 0 saturated heterocycles. The van der Waals surface area contributed by atoms with Gasteiger partial charge in [-0.1, -0.05) is 71.9 Å². The number of aliphatic hydroxyl groups is 1. The largest absolute Gasteiger partial charge is 0.478 e. The first-order chi connectivity index (χ1) is 23.1. The summed E-state index contributed by atoms with van der Waals surface area (Å²) in [7, 11) is 0. The highest BCUT2D eigenvalue weighted by Gasteiger charge is 2.71. The van der Waals surface area contributed by atoms with Crippen molar-refractivity contribution in [1.82, 2.24) is 10.2 Å². The van der Waals surface area contributed by atoms with E-state index in [0.29, 0.717) is 48.2 Å². The number of carboxylic acid groups (broad SMARTS) is 1. The quantitative estimate of drug-likeness (QED) is 0.217. The Morgan fingerprint density at radius 3 is 2.27 bits per heavy atom. The Bertz CT molecular complexity index is 1480. The van der Waals surface area contributed by atoms with Gasteiger partial charge in [0, 0.05) is 19.6 Å². The Morgan fingerprint density at radius 2 is 1.63 bits per heavy atom. The maximum absolute atomic E-state index is 14.4. The number of carbonyl (C=O) groups is 2. The summed E-state index contributed by atoms with van der Waals surface area (Å²) in [5, 5.41) is 22.4. The smallest absolute Gasteiger partial charge is 0.335 e. The Morgan fingerprint density at radius 1 is 0.918 bits per heavy atom. The first kappa shape index (κ1) is 36.4. The molecule has 6 nitrogen and oxygen atoms in total. The molecule has 1 aromatic carbocycles. The van der Waals surface area contributed by atoms with Crippen LogP contribution in [0.5, 0.6) is 0 Å². The monoisotopic (exact) mass is 672 g/mol. The molecule has 5 aliphatic rings. The number of fused-ring (bicyclic) bond motifs is 7. The van der Waals surface area contributed by atoms with Gasteiger partial charge in [0.25, 0.3) is 0 Å². The molecule has 6 rings (SSSR count). The van der Waals surface area contributed by atoms with Gasteiger partial charge in [0.2, 0.25) is 5.91 Å². The molecule has 3 unspecified atom stereocenters. The SMILES string of the molecule is C=C(C)[C@@H]1CC[C@]2(C(=O)NCCN(CC)CCO)CC[C@]3(C)[C@H](CCC4[C@@]5(C)CC=C(c6ccc(C(=O)O)cc6)C(C)(C)C5CC[C@]43C)C12. The maximum atomic E-state index is 14.4. The first-order valence-electron chi connectivity index (χ1n) is 19.4. The van der Waals surface area contributed by atoms with Crippen LogP contribution in [-0.2, 0) is 4.79 Å². The molecule has 0 heterocycles. The van der Waals surface area contributed by atoms with Crippen molar-refractivity contribution < 1.29 is 19.8 Å². The van der Waals surface area contributed by atoms with E-state index in [0.717, 1.165) is 50.8 Å². The van der Waals surface area contributed by atoms with Crippen molar-refractivity contribution in [3.8, 4) is 0 Å². The van der Waals surface area contributed by atoms with Crippen LogP contribution < -0.4 is 5.32 Å². The molecule has 0 spiro atoms. The van der Waals surface area contributed by atoms with E-state index in [-0.39, 0.29) is 39.6 Å². The summed E-state index contributed by atoms with van der Waals surface area (Å²) in [4.78, 5) is 28.2. The molecule has 4 saturated carbocycles. The molecule has 49 heavy (non-hydrogen) atoms. The fourth-order valence-corrected chi connectivity index (χ4v) is 13.5. The highest BCUT2D eigenvalue weighted by Crippen LogP contribution is 2.77. The summed E-state index contributed by atoms with van der Waals surface area (Å²) in [6.07, 6.45) is 12.5. The predicted octanol–water partition coefficient (Wildman–Crippen LogP) is 8.47. The van der Waals surface area contributed by atoms with Gasteiger partial charge in [-0.3, -0.25) is 9.69 Å². The second-order valence-corrected chi connectivity index (χ2v) is 18.2. The zero-order valence-electron chi connectivity index (χ0n) is 31.5. The van der Waals surface area contributed by atoms with Crippen LogP contribution in [0.4, 0.5) is 0 Å². The lowest BCUT2D eigenvalue weighted by atomic mass is 9.32. The van der Waals surface area contributed by atoms with Gasteiger partial charge in [0.05, 0.1) is 17.6 Å². The Labute approximate surface area is 296 Å². The van der Waals surface area contributed by atoms with Crippen LogP contribution in [0.1, 0.15) is 122 Å². The second-order valence-electron chi connectivity index (χ2n) is 18.2. The number of aromatic carboxylic acids is 1. The molecule has 0 radical (unpaired) electrons. The zero-order chi connectivity index (χ0) is 35.6. The zero-order valence-corrected chi connectivity index (χ0v) is 31.5. The van der Waals surface area contributed by atoms with Gasteiger partial charge >= 0.3 is 5.97 Å². The predicted molar refractivity (Wildman–Crippen MR) is 198 cm³/mol. The number of carboxylic acids is 1. The molecular weight excluding hydrogens is 608 g/mol. The molecular formula is C43H64N2O4. The summed E-state index contributed by atoms with van der Waals surface area (Å²) in [5.41, 5.74) is 4.35.